The molecule has 6 heteroatoms. The standard InChI is InChI=1S/C16H20N4OS/c17-14-3-1-12(9-15(14)18)22-13-2-4-16(19-10-13)20-7-5-11(21)6-8-20/h1-4,9-11,21H,5-8,17-18H2. The van der Waals surface area contributed by atoms with E-state index in [9.17, 15) is 5.11 Å². The van der Waals surface area contributed by atoms with Crippen molar-refractivity contribution in [2.75, 3.05) is 29.5 Å². The molecule has 2 aromatic rings. The first-order chi connectivity index (χ1) is 10.6. The largest absolute Gasteiger partial charge is 0.397 e. The molecule has 0 bridgehead atoms. The summed E-state index contributed by atoms with van der Waals surface area (Å²) in [6.45, 7) is 1.71. The zero-order valence-corrected chi connectivity index (χ0v) is 13.1. The Bertz CT molecular complexity index is 639. The van der Waals surface area contributed by atoms with Gasteiger partial charge in [-0.2, -0.15) is 0 Å². The highest BCUT2D eigenvalue weighted by Gasteiger charge is 2.17. The molecular formula is C16H20N4OS. The van der Waals surface area contributed by atoms with Crippen molar-refractivity contribution < 1.29 is 5.11 Å². The van der Waals surface area contributed by atoms with Gasteiger partial charge in [-0.05, 0) is 43.2 Å². The molecule has 0 amide bonds. The Kier molecular flexibility index (Phi) is 4.40. The second kappa shape index (κ2) is 6.46. The summed E-state index contributed by atoms with van der Waals surface area (Å²) in [6.07, 6.45) is 3.32. The lowest BCUT2D eigenvalue weighted by atomic mass is 10.1. The summed E-state index contributed by atoms with van der Waals surface area (Å²) in [4.78, 5) is 8.85. The highest BCUT2D eigenvalue weighted by molar-refractivity contribution is 7.99. The summed E-state index contributed by atoms with van der Waals surface area (Å²) < 4.78 is 0. The topological polar surface area (TPSA) is 88.4 Å². The molecule has 1 aliphatic rings. The molecule has 3 rings (SSSR count). The van der Waals surface area contributed by atoms with Gasteiger partial charge in [0.1, 0.15) is 5.82 Å². The third kappa shape index (κ3) is 3.45. The Morgan fingerprint density at radius 3 is 2.41 bits per heavy atom. The minimum Gasteiger partial charge on any atom is -0.397 e. The van der Waals surface area contributed by atoms with Crippen LogP contribution >= 0.6 is 11.8 Å². The van der Waals surface area contributed by atoms with Crippen molar-refractivity contribution in [3.63, 3.8) is 0 Å². The van der Waals surface area contributed by atoms with Crippen molar-refractivity contribution in [2.24, 2.45) is 0 Å². The first-order valence-corrected chi connectivity index (χ1v) is 8.15. The maximum Gasteiger partial charge on any atom is 0.128 e. The Morgan fingerprint density at radius 2 is 1.77 bits per heavy atom. The summed E-state index contributed by atoms with van der Waals surface area (Å²) in [7, 11) is 0. The summed E-state index contributed by atoms with van der Waals surface area (Å²) >= 11 is 1.61. The summed E-state index contributed by atoms with van der Waals surface area (Å²) in [5.74, 6) is 0.966. The predicted molar refractivity (Wildman–Crippen MR) is 91.1 cm³/mol. The lowest BCUT2D eigenvalue weighted by Crippen LogP contribution is -2.36. The van der Waals surface area contributed by atoms with Crippen molar-refractivity contribution in [1.29, 1.82) is 0 Å². The van der Waals surface area contributed by atoms with Crippen LogP contribution < -0.4 is 16.4 Å². The van der Waals surface area contributed by atoms with E-state index in [1.807, 2.05) is 30.5 Å². The number of nitrogens with two attached hydrogens (primary N) is 2. The van der Waals surface area contributed by atoms with Crippen LogP contribution in [0.4, 0.5) is 17.2 Å². The lowest BCUT2D eigenvalue weighted by molar-refractivity contribution is 0.145. The van der Waals surface area contributed by atoms with Crippen LogP contribution in [-0.2, 0) is 0 Å². The van der Waals surface area contributed by atoms with E-state index in [-0.39, 0.29) is 6.10 Å². The minimum absolute atomic E-state index is 0.165. The van der Waals surface area contributed by atoms with Gasteiger partial charge in [-0.1, -0.05) is 11.8 Å². The van der Waals surface area contributed by atoms with Crippen molar-refractivity contribution in [3.8, 4) is 0 Å². The van der Waals surface area contributed by atoms with Gasteiger partial charge in [0, 0.05) is 29.1 Å². The first-order valence-electron chi connectivity index (χ1n) is 7.34. The Balaban J connectivity index is 1.67. The van der Waals surface area contributed by atoms with Gasteiger partial charge in [-0.15, -0.1) is 0 Å². The summed E-state index contributed by atoms with van der Waals surface area (Å²) in [6, 6.07) is 9.74. The van der Waals surface area contributed by atoms with E-state index in [2.05, 4.69) is 16.0 Å². The number of piperidine rings is 1. The van der Waals surface area contributed by atoms with Crippen molar-refractivity contribution in [3.05, 3.63) is 36.5 Å². The highest BCUT2D eigenvalue weighted by Crippen LogP contribution is 2.31. The van der Waals surface area contributed by atoms with Crippen LogP contribution in [0.2, 0.25) is 0 Å². The predicted octanol–water partition coefficient (Wildman–Crippen LogP) is 2.36. The molecule has 1 aromatic carbocycles. The van der Waals surface area contributed by atoms with Crippen LogP contribution in [-0.4, -0.2) is 29.3 Å². The van der Waals surface area contributed by atoms with E-state index < -0.39 is 0 Å². The molecule has 0 radical (unpaired) electrons. The molecule has 1 aromatic heterocycles. The van der Waals surface area contributed by atoms with Crippen LogP contribution in [0.3, 0.4) is 0 Å². The third-order valence-corrected chi connectivity index (χ3v) is 4.77. The number of nitrogens with zero attached hydrogens (tertiary/aromatic N) is 2. The Morgan fingerprint density at radius 1 is 1.05 bits per heavy atom. The number of aliphatic hydroxyl groups excluding tert-OH is 1. The van der Waals surface area contributed by atoms with E-state index in [1.54, 1.807) is 11.8 Å². The van der Waals surface area contributed by atoms with Gasteiger partial charge in [-0.3, -0.25) is 0 Å². The zero-order valence-electron chi connectivity index (χ0n) is 12.3. The number of benzene rings is 1. The van der Waals surface area contributed by atoms with E-state index >= 15 is 0 Å². The van der Waals surface area contributed by atoms with Crippen LogP contribution in [0.5, 0.6) is 0 Å². The summed E-state index contributed by atoms with van der Waals surface area (Å²) in [5.41, 5.74) is 12.8. The van der Waals surface area contributed by atoms with Gasteiger partial charge in [0.2, 0.25) is 0 Å². The maximum atomic E-state index is 9.55. The number of aliphatic hydroxyl groups is 1. The fraction of sp³-hybridized carbons (Fsp3) is 0.312. The Labute approximate surface area is 134 Å². The monoisotopic (exact) mass is 316 g/mol. The molecule has 1 fully saturated rings. The van der Waals surface area contributed by atoms with E-state index in [0.29, 0.717) is 11.4 Å². The van der Waals surface area contributed by atoms with Crippen LogP contribution in [0.15, 0.2) is 46.3 Å². The van der Waals surface area contributed by atoms with Crippen molar-refractivity contribution in [2.45, 2.75) is 28.7 Å². The fourth-order valence-corrected chi connectivity index (χ4v) is 3.30. The molecule has 5 N–H and O–H groups in total. The Hall–Kier alpha value is -1.92. The van der Waals surface area contributed by atoms with Gasteiger partial charge in [0.05, 0.1) is 17.5 Å². The van der Waals surface area contributed by atoms with Gasteiger partial charge < -0.3 is 21.5 Å². The smallest absolute Gasteiger partial charge is 0.128 e. The molecule has 0 saturated carbocycles. The number of hydrogen-bond acceptors (Lipinski definition) is 6. The van der Waals surface area contributed by atoms with Crippen LogP contribution in [0, 0.1) is 0 Å². The van der Waals surface area contributed by atoms with E-state index in [4.69, 9.17) is 11.5 Å². The molecule has 2 heterocycles. The van der Waals surface area contributed by atoms with E-state index in [1.165, 1.54) is 0 Å². The molecule has 1 saturated heterocycles. The molecule has 0 spiro atoms. The maximum absolute atomic E-state index is 9.55. The third-order valence-electron chi connectivity index (χ3n) is 3.80. The molecule has 1 aliphatic heterocycles. The van der Waals surface area contributed by atoms with Crippen LogP contribution in [0.25, 0.3) is 0 Å². The van der Waals surface area contributed by atoms with Crippen LogP contribution in [0.1, 0.15) is 12.8 Å². The van der Waals surface area contributed by atoms with E-state index in [0.717, 1.165) is 41.5 Å². The van der Waals surface area contributed by atoms with Gasteiger partial charge in [0.25, 0.3) is 0 Å². The number of nitrogen functional groups attached to an aromatic ring is 2. The number of aromatic nitrogens is 1. The van der Waals surface area contributed by atoms with Gasteiger partial charge in [-0.25, -0.2) is 4.98 Å². The number of rotatable bonds is 3. The lowest BCUT2D eigenvalue weighted by Gasteiger charge is -2.30. The molecule has 22 heavy (non-hydrogen) atoms. The minimum atomic E-state index is -0.165. The second-order valence-corrected chi connectivity index (χ2v) is 6.61. The summed E-state index contributed by atoms with van der Waals surface area (Å²) in [5, 5.41) is 9.55. The van der Waals surface area contributed by atoms with Gasteiger partial charge >= 0.3 is 0 Å². The quantitative estimate of drug-likeness (QED) is 0.753. The molecule has 0 unspecified atom stereocenters. The number of pyridine rings is 1. The normalized spacial score (nSPS) is 16.0. The average Bonchev–Trinajstić information content (AvgIpc) is 2.53. The average molecular weight is 316 g/mol. The first kappa shape index (κ1) is 15.0. The number of hydrogen-bond donors (Lipinski definition) is 3. The second-order valence-electron chi connectivity index (χ2n) is 5.46. The molecule has 5 nitrogen and oxygen atoms in total. The molecule has 0 aliphatic carbocycles. The molecular weight excluding hydrogens is 296 g/mol. The molecule has 0 atom stereocenters. The number of anilines is 3. The fourth-order valence-electron chi connectivity index (χ4n) is 2.47. The van der Waals surface area contributed by atoms with Crippen molar-refractivity contribution >= 4 is 29.0 Å². The highest BCUT2D eigenvalue weighted by atomic mass is 32.2. The zero-order chi connectivity index (χ0) is 15.5. The SMILES string of the molecule is Nc1ccc(Sc2ccc(N3CCC(O)CC3)nc2)cc1N. The van der Waals surface area contributed by atoms with Crippen molar-refractivity contribution in [1.82, 2.24) is 4.98 Å². The molecule has 116 valence electrons. The van der Waals surface area contributed by atoms with Gasteiger partial charge in [0.15, 0.2) is 0 Å².